The highest BCUT2D eigenvalue weighted by Crippen LogP contribution is 2.34. The Hall–Kier alpha value is -2.60. The molecule has 7 nitrogen and oxygen atoms in total. The van der Waals surface area contributed by atoms with Crippen LogP contribution in [0.1, 0.15) is 43.4 Å². The molecule has 4 rings (SSSR count). The Morgan fingerprint density at radius 1 is 1.21 bits per heavy atom. The van der Waals surface area contributed by atoms with E-state index in [0.717, 1.165) is 18.3 Å². The van der Waals surface area contributed by atoms with Gasteiger partial charge in [0, 0.05) is 44.2 Å². The molecule has 2 aliphatic heterocycles. The van der Waals surface area contributed by atoms with E-state index in [-0.39, 0.29) is 36.5 Å². The van der Waals surface area contributed by atoms with Crippen molar-refractivity contribution >= 4 is 17.6 Å². The molecule has 0 aliphatic carbocycles. The van der Waals surface area contributed by atoms with Crippen molar-refractivity contribution < 1.29 is 27.1 Å². The number of likely N-dealkylation sites (tertiary alicyclic amines) is 1. The maximum atomic E-state index is 13.8. The van der Waals surface area contributed by atoms with Gasteiger partial charge in [-0.3, -0.25) is 4.90 Å². The van der Waals surface area contributed by atoms with Crippen molar-refractivity contribution in [1.82, 2.24) is 19.9 Å². The highest BCUT2D eigenvalue weighted by Gasteiger charge is 2.40. The maximum Gasteiger partial charge on any atom is 0.416 e. The third-order valence-electron chi connectivity index (χ3n) is 5.95. The summed E-state index contributed by atoms with van der Waals surface area (Å²) in [6.07, 6.45) is -3.13. The van der Waals surface area contributed by atoms with Gasteiger partial charge in [0.2, 0.25) is 5.95 Å². The third-order valence-corrected chi connectivity index (χ3v) is 5.95. The van der Waals surface area contributed by atoms with Crippen molar-refractivity contribution in [3.05, 3.63) is 35.7 Å². The molecule has 2 unspecified atom stereocenters. The minimum Gasteiger partial charge on any atom is -0.378 e. The molecule has 180 valence electrons. The van der Waals surface area contributed by atoms with Gasteiger partial charge < -0.3 is 15.3 Å². The number of hydrogen-bond donors (Lipinski definition) is 2. The molecule has 0 aromatic carbocycles. The summed E-state index contributed by atoms with van der Waals surface area (Å²) >= 11 is 0. The van der Waals surface area contributed by atoms with Crippen LogP contribution in [0.4, 0.5) is 39.5 Å². The zero-order chi connectivity index (χ0) is 23.8. The van der Waals surface area contributed by atoms with E-state index in [2.05, 4.69) is 20.3 Å². The van der Waals surface area contributed by atoms with Gasteiger partial charge in [-0.1, -0.05) is 6.92 Å². The molecule has 2 aromatic heterocycles. The molecular weight excluding hydrogens is 447 g/mol. The first-order valence-electron chi connectivity index (χ1n) is 10.8. The molecule has 0 amide bonds. The van der Waals surface area contributed by atoms with Gasteiger partial charge in [-0.25, -0.2) is 18.7 Å². The fourth-order valence-electron chi connectivity index (χ4n) is 4.14. The number of halogens is 5. The molecule has 2 atom stereocenters. The largest absolute Gasteiger partial charge is 0.416 e. The van der Waals surface area contributed by atoms with Crippen LogP contribution >= 0.6 is 0 Å². The zero-order valence-corrected chi connectivity index (χ0v) is 18.0. The van der Waals surface area contributed by atoms with Crippen molar-refractivity contribution in [2.24, 2.45) is 0 Å². The lowest BCUT2D eigenvalue weighted by molar-refractivity contribution is -0.137. The van der Waals surface area contributed by atoms with E-state index >= 15 is 0 Å². The van der Waals surface area contributed by atoms with E-state index < -0.39 is 30.4 Å². The lowest BCUT2D eigenvalue weighted by atomic mass is 10.0. The van der Waals surface area contributed by atoms with Crippen LogP contribution in [0, 0.1) is 0 Å². The minimum absolute atomic E-state index is 0.0679. The summed E-state index contributed by atoms with van der Waals surface area (Å²) in [7, 11) is 0. The number of nitrogens with one attached hydrogen (secondary N) is 1. The monoisotopic (exact) mass is 472 g/mol. The molecular formula is C21H25F5N6O. The number of anilines is 3. The average molecular weight is 472 g/mol. The van der Waals surface area contributed by atoms with E-state index in [9.17, 15) is 27.1 Å². The predicted octanol–water partition coefficient (Wildman–Crippen LogP) is 4.00. The minimum atomic E-state index is -4.53. The summed E-state index contributed by atoms with van der Waals surface area (Å²) in [6, 6.07) is 3.33. The number of pyridine rings is 1. The van der Waals surface area contributed by atoms with Crippen LogP contribution < -0.4 is 10.2 Å². The van der Waals surface area contributed by atoms with Gasteiger partial charge in [0.05, 0.1) is 17.8 Å². The van der Waals surface area contributed by atoms with Crippen molar-refractivity contribution in [3.8, 4) is 0 Å². The van der Waals surface area contributed by atoms with Crippen molar-refractivity contribution in [3.63, 3.8) is 0 Å². The molecule has 0 spiro atoms. The fourth-order valence-corrected chi connectivity index (χ4v) is 4.14. The summed E-state index contributed by atoms with van der Waals surface area (Å²) in [5, 5.41) is 12.9. The molecule has 4 heterocycles. The first-order valence-corrected chi connectivity index (χ1v) is 10.8. The number of alkyl halides is 5. The molecule has 2 saturated heterocycles. The van der Waals surface area contributed by atoms with Gasteiger partial charge in [0.1, 0.15) is 17.9 Å². The number of aromatic nitrogens is 3. The zero-order valence-electron chi connectivity index (χ0n) is 18.0. The van der Waals surface area contributed by atoms with Crippen molar-refractivity contribution in [2.75, 3.05) is 36.4 Å². The second-order valence-electron chi connectivity index (χ2n) is 8.43. The second kappa shape index (κ2) is 8.98. The van der Waals surface area contributed by atoms with Crippen LogP contribution in [0.2, 0.25) is 0 Å². The Bertz CT molecular complexity index is 988. The Labute approximate surface area is 187 Å². The number of aliphatic hydroxyl groups is 1. The molecule has 2 N–H and O–H groups in total. The third kappa shape index (κ3) is 5.49. The standard InChI is InChI=1S/C21H25F5N6O/c1-2-18(33)31-7-4-13(11-31)15-10-17(29-16-9-14(3-6-27-16)21(24,25)26)30-19(28-15)32-8-5-20(22,23)12-32/h3,6,9-10,13,18,33H,2,4-5,7-8,11-12H2,1H3,(H,27,28,29,30). The first kappa shape index (κ1) is 23.6. The Balaban J connectivity index is 1.64. The van der Waals surface area contributed by atoms with Crippen LogP contribution in [0.15, 0.2) is 24.4 Å². The summed E-state index contributed by atoms with van der Waals surface area (Å²) in [5.41, 5.74) is -0.288. The smallest absolute Gasteiger partial charge is 0.378 e. The Morgan fingerprint density at radius 3 is 2.67 bits per heavy atom. The lowest BCUT2D eigenvalue weighted by Gasteiger charge is -2.22. The number of aliphatic hydroxyl groups excluding tert-OH is 1. The van der Waals surface area contributed by atoms with Crippen LogP contribution in [0.3, 0.4) is 0 Å². The van der Waals surface area contributed by atoms with E-state index in [1.165, 1.54) is 4.90 Å². The molecule has 0 saturated carbocycles. The van der Waals surface area contributed by atoms with Crippen LogP contribution in [0.25, 0.3) is 0 Å². The first-order chi connectivity index (χ1) is 15.5. The van der Waals surface area contributed by atoms with Crippen molar-refractivity contribution in [2.45, 2.75) is 50.4 Å². The molecule has 0 radical (unpaired) electrons. The van der Waals surface area contributed by atoms with Gasteiger partial charge in [-0.15, -0.1) is 0 Å². The fraction of sp³-hybridized carbons (Fsp3) is 0.571. The molecule has 33 heavy (non-hydrogen) atoms. The Morgan fingerprint density at radius 2 is 2.00 bits per heavy atom. The van der Waals surface area contributed by atoms with E-state index in [0.29, 0.717) is 31.6 Å². The quantitative estimate of drug-likeness (QED) is 0.616. The lowest BCUT2D eigenvalue weighted by Crippen LogP contribution is -2.32. The van der Waals surface area contributed by atoms with Crippen LogP contribution in [0.5, 0.6) is 0 Å². The normalized spacial score (nSPS) is 22.0. The van der Waals surface area contributed by atoms with Gasteiger partial charge >= 0.3 is 6.18 Å². The summed E-state index contributed by atoms with van der Waals surface area (Å²) in [6.45, 7) is 2.60. The summed E-state index contributed by atoms with van der Waals surface area (Å²) in [4.78, 5) is 16.0. The number of nitrogens with zero attached hydrogens (tertiary/aromatic N) is 5. The second-order valence-corrected chi connectivity index (χ2v) is 8.43. The summed E-state index contributed by atoms with van der Waals surface area (Å²) in [5.74, 6) is -2.74. The van der Waals surface area contributed by atoms with E-state index in [4.69, 9.17) is 0 Å². The predicted molar refractivity (Wildman–Crippen MR) is 112 cm³/mol. The topological polar surface area (TPSA) is 77.4 Å². The van der Waals surface area contributed by atoms with Gasteiger partial charge in [0.25, 0.3) is 5.92 Å². The highest BCUT2D eigenvalue weighted by atomic mass is 19.4. The number of rotatable bonds is 6. The molecule has 12 heteroatoms. The van der Waals surface area contributed by atoms with Gasteiger partial charge in [-0.05, 0) is 25.0 Å². The Kier molecular flexibility index (Phi) is 6.41. The average Bonchev–Trinajstić information content (AvgIpc) is 3.39. The van der Waals surface area contributed by atoms with E-state index in [1.807, 2.05) is 11.8 Å². The van der Waals surface area contributed by atoms with Crippen LogP contribution in [-0.2, 0) is 6.18 Å². The summed E-state index contributed by atoms with van der Waals surface area (Å²) < 4.78 is 66.8. The maximum absolute atomic E-state index is 13.8. The van der Waals surface area contributed by atoms with Gasteiger partial charge in [-0.2, -0.15) is 18.2 Å². The van der Waals surface area contributed by atoms with Gasteiger partial charge in [0.15, 0.2) is 0 Å². The SMILES string of the molecule is CCC(O)N1CCC(c2cc(Nc3cc(C(F)(F)F)ccn3)nc(N3CCC(F)(F)C3)n2)C1. The van der Waals surface area contributed by atoms with Crippen molar-refractivity contribution in [1.29, 1.82) is 0 Å². The van der Waals surface area contributed by atoms with Crippen LogP contribution in [-0.4, -0.2) is 63.3 Å². The molecule has 2 aliphatic rings. The van der Waals surface area contributed by atoms with E-state index in [1.54, 1.807) is 6.07 Å². The molecule has 2 aromatic rings. The molecule has 2 fully saturated rings. The molecule has 0 bridgehead atoms. The number of hydrogen-bond acceptors (Lipinski definition) is 7. The highest BCUT2D eigenvalue weighted by molar-refractivity contribution is 5.55.